The van der Waals surface area contributed by atoms with Crippen LogP contribution in [-0.4, -0.2) is 19.9 Å². The predicted octanol–water partition coefficient (Wildman–Crippen LogP) is 5.49. The summed E-state index contributed by atoms with van der Waals surface area (Å²) in [5.41, 5.74) is 6.18. The SMILES string of the molecule is Cc1ccc(Nc2nc(Nc3ccc(C)c(Cl)c3)c3nccnc3n2)c(C)c1. The van der Waals surface area contributed by atoms with E-state index in [9.17, 15) is 0 Å². The molecule has 28 heavy (non-hydrogen) atoms. The molecule has 2 heterocycles. The van der Waals surface area contributed by atoms with Crippen molar-refractivity contribution in [1.82, 2.24) is 19.9 Å². The van der Waals surface area contributed by atoms with Gasteiger partial charge in [0.1, 0.15) is 0 Å². The van der Waals surface area contributed by atoms with Gasteiger partial charge in [-0.05, 0) is 50.1 Å². The Bertz CT molecular complexity index is 1170. The Morgan fingerprint density at radius 1 is 0.821 bits per heavy atom. The smallest absolute Gasteiger partial charge is 0.231 e. The molecule has 140 valence electrons. The monoisotopic (exact) mass is 390 g/mol. The molecule has 4 rings (SSSR count). The van der Waals surface area contributed by atoms with Crippen LogP contribution < -0.4 is 10.6 Å². The van der Waals surface area contributed by atoms with Crippen molar-refractivity contribution in [3.63, 3.8) is 0 Å². The third-order valence-corrected chi connectivity index (χ3v) is 4.80. The van der Waals surface area contributed by atoms with E-state index < -0.39 is 0 Å². The van der Waals surface area contributed by atoms with Crippen molar-refractivity contribution in [3.05, 3.63) is 70.5 Å². The van der Waals surface area contributed by atoms with Crippen molar-refractivity contribution in [2.24, 2.45) is 0 Å². The number of hydrogen-bond donors (Lipinski definition) is 2. The van der Waals surface area contributed by atoms with Crippen LogP contribution in [0.4, 0.5) is 23.1 Å². The standard InChI is InChI=1S/C21H19ClN6/c1-12-4-7-17(14(3)10-12)26-21-27-19-18(23-8-9-24-19)20(28-21)25-15-6-5-13(2)16(22)11-15/h4-11H,1-3H3,(H2,24,25,26,27,28). The van der Waals surface area contributed by atoms with Gasteiger partial charge in [0.15, 0.2) is 17.0 Å². The summed E-state index contributed by atoms with van der Waals surface area (Å²) in [5, 5.41) is 7.25. The highest BCUT2D eigenvalue weighted by molar-refractivity contribution is 6.31. The quantitative estimate of drug-likeness (QED) is 0.480. The number of aromatic nitrogens is 4. The summed E-state index contributed by atoms with van der Waals surface area (Å²) < 4.78 is 0. The number of nitrogens with zero attached hydrogens (tertiary/aromatic N) is 4. The Morgan fingerprint density at radius 3 is 2.43 bits per heavy atom. The molecule has 0 aliphatic carbocycles. The Hall–Kier alpha value is -3.25. The molecule has 0 atom stereocenters. The summed E-state index contributed by atoms with van der Waals surface area (Å²) in [4.78, 5) is 17.9. The Balaban J connectivity index is 1.75. The molecule has 4 aromatic rings. The summed E-state index contributed by atoms with van der Waals surface area (Å²) >= 11 is 6.25. The zero-order valence-corrected chi connectivity index (χ0v) is 16.5. The molecule has 7 heteroatoms. The van der Waals surface area contributed by atoms with Gasteiger partial charge in [-0.1, -0.05) is 35.4 Å². The maximum atomic E-state index is 6.25. The first-order valence-electron chi connectivity index (χ1n) is 8.86. The van der Waals surface area contributed by atoms with Crippen molar-refractivity contribution < 1.29 is 0 Å². The van der Waals surface area contributed by atoms with Gasteiger partial charge in [0.25, 0.3) is 0 Å². The van der Waals surface area contributed by atoms with Crippen LogP contribution in [0.2, 0.25) is 5.02 Å². The Labute approximate surface area is 168 Å². The van der Waals surface area contributed by atoms with E-state index >= 15 is 0 Å². The summed E-state index contributed by atoms with van der Waals surface area (Å²) in [6.07, 6.45) is 3.24. The van der Waals surface area contributed by atoms with Gasteiger partial charge >= 0.3 is 0 Å². The average molecular weight is 391 g/mol. The number of nitrogens with one attached hydrogen (secondary N) is 2. The van der Waals surface area contributed by atoms with Crippen molar-refractivity contribution in [1.29, 1.82) is 0 Å². The molecule has 0 spiro atoms. The van der Waals surface area contributed by atoms with Gasteiger partial charge in [-0.3, -0.25) is 0 Å². The summed E-state index contributed by atoms with van der Waals surface area (Å²) in [6, 6.07) is 11.9. The van der Waals surface area contributed by atoms with Crippen molar-refractivity contribution in [3.8, 4) is 0 Å². The molecule has 0 aliphatic rings. The van der Waals surface area contributed by atoms with E-state index in [0.29, 0.717) is 28.0 Å². The highest BCUT2D eigenvalue weighted by atomic mass is 35.5. The van der Waals surface area contributed by atoms with E-state index in [0.717, 1.165) is 22.5 Å². The second-order valence-corrected chi connectivity index (χ2v) is 7.06. The first-order chi connectivity index (χ1) is 13.5. The van der Waals surface area contributed by atoms with Crippen LogP contribution in [0.1, 0.15) is 16.7 Å². The zero-order valence-electron chi connectivity index (χ0n) is 15.8. The molecule has 0 saturated carbocycles. The van der Waals surface area contributed by atoms with Crippen LogP contribution in [0.15, 0.2) is 48.8 Å². The largest absolute Gasteiger partial charge is 0.338 e. The number of hydrogen-bond acceptors (Lipinski definition) is 6. The van der Waals surface area contributed by atoms with Gasteiger partial charge in [0.2, 0.25) is 5.95 Å². The minimum Gasteiger partial charge on any atom is -0.338 e. The number of fused-ring (bicyclic) bond motifs is 1. The highest BCUT2D eigenvalue weighted by Gasteiger charge is 2.12. The molecule has 2 aromatic heterocycles. The topological polar surface area (TPSA) is 75.6 Å². The number of rotatable bonds is 4. The number of anilines is 4. The van der Waals surface area contributed by atoms with Crippen molar-refractivity contribution >= 4 is 45.9 Å². The summed E-state index contributed by atoms with van der Waals surface area (Å²) in [5.74, 6) is 1.01. The van der Waals surface area contributed by atoms with E-state index in [1.165, 1.54) is 5.56 Å². The Morgan fingerprint density at radius 2 is 1.64 bits per heavy atom. The van der Waals surface area contributed by atoms with Crippen LogP contribution >= 0.6 is 11.6 Å². The molecule has 0 radical (unpaired) electrons. The second-order valence-electron chi connectivity index (χ2n) is 6.66. The fraction of sp³-hybridized carbons (Fsp3) is 0.143. The first-order valence-corrected chi connectivity index (χ1v) is 9.23. The van der Waals surface area contributed by atoms with Crippen molar-refractivity contribution in [2.75, 3.05) is 10.6 Å². The van der Waals surface area contributed by atoms with Gasteiger partial charge < -0.3 is 10.6 Å². The van der Waals surface area contributed by atoms with Gasteiger partial charge in [-0.25, -0.2) is 9.97 Å². The minimum atomic E-state index is 0.445. The molecule has 6 nitrogen and oxygen atoms in total. The molecule has 0 unspecified atom stereocenters. The number of aryl methyl sites for hydroxylation is 3. The molecule has 0 aliphatic heterocycles. The first kappa shape index (κ1) is 18.1. The maximum Gasteiger partial charge on any atom is 0.231 e. The van der Waals surface area contributed by atoms with E-state index in [1.54, 1.807) is 12.4 Å². The highest BCUT2D eigenvalue weighted by Crippen LogP contribution is 2.27. The molecule has 0 bridgehead atoms. The van der Waals surface area contributed by atoms with Gasteiger partial charge in [0, 0.05) is 28.8 Å². The summed E-state index contributed by atoms with van der Waals surface area (Å²) in [6.45, 7) is 6.07. The molecule has 0 saturated heterocycles. The lowest BCUT2D eigenvalue weighted by Crippen LogP contribution is -2.05. The van der Waals surface area contributed by atoms with E-state index in [-0.39, 0.29) is 0 Å². The molecule has 2 aromatic carbocycles. The predicted molar refractivity (Wildman–Crippen MR) is 114 cm³/mol. The lowest BCUT2D eigenvalue weighted by molar-refractivity contribution is 1.14. The van der Waals surface area contributed by atoms with E-state index in [4.69, 9.17) is 11.6 Å². The molecule has 2 N–H and O–H groups in total. The fourth-order valence-electron chi connectivity index (χ4n) is 2.89. The van der Waals surface area contributed by atoms with Crippen LogP contribution in [0, 0.1) is 20.8 Å². The Kier molecular flexibility index (Phi) is 4.79. The van der Waals surface area contributed by atoms with Crippen LogP contribution in [0.3, 0.4) is 0 Å². The maximum absolute atomic E-state index is 6.25. The van der Waals surface area contributed by atoms with Crippen LogP contribution in [0.5, 0.6) is 0 Å². The minimum absolute atomic E-state index is 0.445. The van der Waals surface area contributed by atoms with Gasteiger partial charge in [0.05, 0.1) is 0 Å². The lowest BCUT2D eigenvalue weighted by Gasteiger charge is -2.13. The average Bonchev–Trinajstić information content (AvgIpc) is 2.67. The van der Waals surface area contributed by atoms with E-state index in [1.807, 2.05) is 44.2 Å². The lowest BCUT2D eigenvalue weighted by atomic mass is 10.1. The van der Waals surface area contributed by atoms with Gasteiger partial charge in [-0.15, -0.1) is 0 Å². The van der Waals surface area contributed by atoms with Crippen molar-refractivity contribution in [2.45, 2.75) is 20.8 Å². The number of benzene rings is 2. The molecular formula is C21H19ClN6. The molecule has 0 fully saturated rings. The normalized spacial score (nSPS) is 10.9. The van der Waals surface area contributed by atoms with Crippen LogP contribution in [-0.2, 0) is 0 Å². The van der Waals surface area contributed by atoms with E-state index in [2.05, 4.69) is 43.6 Å². The third-order valence-electron chi connectivity index (χ3n) is 4.40. The zero-order chi connectivity index (χ0) is 19.7. The third kappa shape index (κ3) is 3.73. The number of halogens is 1. The molecule has 0 amide bonds. The fourth-order valence-corrected chi connectivity index (χ4v) is 3.07. The van der Waals surface area contributed by atoms with Crippen LogP contribution in [0.25, 0.3) is 11.2 Å². The van der Waals surface area contributed by atoms with Gasteiger partial charge in [-0.2, -0.15) is 9.97 Å². The summed E-state index contributed by atoms with van der Waals surface area (Å²) in [7, 11) is 0. The second kappa shape index (κ2) is 7.40. The molecular weight excluding hydrogens is 372 g/mol.